The van der Waals surface area contributed by atoms with Crippen molar-refractivity contribution in [2.75, 3.05) is 29.5 Å². The van der Waals surface area contributed by atoms with Gasteiger partial charge >= 0.3 is 0 Å². The summed E-state index contributed by atoms with van der Waals surface area (Å²) in [6.07, 6.45) is 4.13. The first-order valence-electron chi connectivity index (χ1n) is 8.65. The van der Waals surface area contributed by atoms with Crippen molar-refractivity contribution in [1.29, 1.82) is 0 Å². The monoisotopic (exact) mass is 375 g/mol. The Kier molecular flexibility index (Phi) is 4.36. The van der Waals surface area contributed by atoms with Crippen LogP contribution in [0.15, 0.2) is 41.4 Å². The van der Waals surface area contributed by atoms with Gasteiger partial charge in [-0.25, -0.2) is 13.4 Å². The molecule has 26 heavy (non-hydrogen) atoms. The van der Waals surface area contributed by atoms with E-state index in [9.17, 15) is 8.42 Å². The van der Waals surface area contributed by atoms with Gasteiger partial charge < -0.3 is 14.4 Å². The second-order valence-electron chi connectivity index (χ2n) is 6.72. The SMILES string of the molecule is CC1CCCN(c2ccc(NS(=O)(=O)c3ccc4c(c3)OCO4)nc2)C1. The summed E-state index contributed by atoms with van der Waals surface area (Å²) in [6, 6.07) is 8.13. The number of aromatic nitrogens is 1. The topological polar surface area (TPSA) is 80.8 Å². The summed E-state index contributed by atoms with van der Waals surface area (Å²) in [4.78, 5) is 6.67. The average Bonchev–Trinajstić information content (AvgIpc) is 3.10. The second kappa shape index (κ2) is 6.68. The van der Waals surface area contributed by atoms with Gasteiger partial charge in [-0.1, -0.05) is 6.92 Å². The lowest BCUT2D eigenvalue weighted by Crippen LogP contribution is -2.34. The average molecular weight is 375 g/mol. The molecule has 2 aromatic rings. The Bertz CT molecular complexity index is 899. The molecule has 1 unspecified atom stereocenters. The molecule has 0 spiro atoms. The second-order valence-corrected chi connectivity index (χ2v) is 8.40. The third kappa shape index (κ3) is 3.41. The Labute approximate surface area is 153 Å². The summed E-state index contributed by atoms with van der Waals surface area (Å²) < 4.78 is 38.1. The van der Waals surface area contributed by atoms with Crippen molar-refractivity contribution in [1.82, 2.24) is 4.98 Å². The fourth-order valence-corrected chi connectivity index (χ4v) is 4.32. The van der Waals surface area contributed by atoms with E-state index in [-0.39, 0.29) is 17.5 Å². The summed E-state index contributed by atoms with van der Waals surface area (Å²) >= 11 is 0. The molecule has 8 heteroatoms. The first-order valence-corrected chi connectivity index (χ1v) is 10.1. The molecule has 7 nitrogen and oxygen atoms in total. The Morgan fingerprint density at radius 2 is 2.04 bits per heavy atom. The number of rotatable bonds is 4. The normalized spacial score (nSPS) is 19.4. The smallest absolute Gasteiger partial charge is 0.263 e. The van der Waals surface area contributed by atoms with Crippen LogP contribution in [0.3, 0.4) is 0 Å². The Hall–Kier alpha value is -2.48. The number of piperidine rings is 1. The number of anilines is 2. The molecule has 0 saturated carbocycles. The lowest BCUT2D eigenvalue weighted by atomic mass is 10.00. The molecule has 1 N–H and O–H groups in total. The minimum Gasteiger partial charge on any atom is -0.454 e. The molecule has 138 valence electrons. The molecule has 0 radical (unpaired) electrons. The zero-order valence-electron chi connectivity index (χ0n) is 14.5. The van der Waals surface area contributed by atoms with E-state index < -0.39 is 10.0 Å². The van der Waals surface area contributed by atoms with Crippen molar-refractivity contribution in [3.63, 3.8) is 0 Å². The van der Waals surface area contributed by atoms with E-state index in [1.807, 2.05) is 6.07 Å². The van der Waals surface area contributed by atoms with Gasteiger partial charge in [-0.3, -0.25) is 4.72 Å². The van der Waals surface area contributed by atoms with Crippen LogP contribution in [0.4, 0.5) is 11.5 Å². The first-order chi connectivity index (χ1) is 12.5. The molecule has 1 aromatic carbocycles. The fraction of sp³-hybridized carbons (Fsp3) is 0.389. The maximum atomic E-state index is 12.6. The highest BCUT2D eigenvalue weighted by Gasteiger charge is 2.21. The van der Waals surface area contributed by atoms with Gasteiger partial charge in [-0.2, -0.15) is 0 Å². The third-order valence-corrected chi connectivity index (χ3v) is 6.02. The molecule has 0 aliphatic carbocycles. The maximum absolute atomic E-state index is 12.6. The molecule has 0 amide bonds. The molecular formula is C18H21N3O4S. The number of hydrogen-bond donors (Lipinski definition) is 1. The highest BCUT2D eigenvalue weighted by atomic mass is 32.2. The molecule has 0 bridgehead atoms. The Balaban J connectivity index is 1.49. The standard InChI is InChI=1S/C18H21N3O4S/c1-13-3-2-8-21(11-13)14-4-7-18(19-10-14)20-26(22,23)15-5-6-16-17(9-15)25-12-24-16/h4-7,9-10,13H,2-3,8,11-12H2,1H3,(H,19,20). The van der Waals surface area contributed by atoms with Crippen molar-refractivity contribution in [2.24, 2.45) is 5.92 Å². The quantitative estimate of drug-likeness (QED) is 0.885. The number of nitrogens with zero attached hydrogens (tertiary/aromatic N) is 2. The van der Waals surface area contributed by atoms with E-state index in [2.05, 4.69) is 21.5 Å². The van der Waals surface area contributed by atoms with Gasteiger partial charge in [0, 0.05) is 19.2 Å². The summed E-state index contributed by atoms with van der Waals surface area (Å²) in [6.45, 7) is 4.36. The van der Waals surface area contributed by atoms with Crippen LogP contribution in [0.25, 0.3) is 0 Å². The summed E-state index contributed by atoms with van der Waals surface area (Å²) in [7, 11) is -3.74. The Morgan fingerprint density at radius 1 is 1.19 bits per heavy atom. The Morgan fingerprint density at radius 3 is 2.81 bits per heavy atom. The molecule has 2 aliphatic heterocycles. The predicted molar refractivity (Wildman–Crippen MR) is 98.2 cm³/mol. The van der Waals surface area contributed by atoms with Crippen molar-refractivity contribution in [2.45, 2.75) is 24.7 Å². The lowest BCUT2D eigenvalue weighted by molar-refractivity contribution is 0.174. The number of hydrogen-bond acceptors (Lipinski definition) is 6. The van der Waals surface area contributed by atoms with Gasteiger partial charge in [-0.05, 0) is 43.0 Å². The van der Waals surface area contributed by atoms with Gasteiger partial charge in [-0.15, -0.1) is 0 Å². The molecular weight excluding hydrogens is 354 g/mol. The zero-order chi connectivity index (χ0) is 18.1. The van der Waals surface area contributed by atoms with Crippen molar-refractivity contribution in [3.05, 3.63) is 36.5 Å². The van der Waals surface area contributed by atoms with Crippen molar-refractivity contribution >= 4 is 21.5 Å². The molecule has 4 rings (SSSR count). The van der Waals surface area contributed by atoms with E-state index in [0.29, 0.717) is 17.4 Å². The first kappa shape index (κ1) is 17.0. The molecule has 3 heterocycles. The summed E-state index contributed by atoms with van der Waals surface area (Å²) in [5, 5.41) is 0. The predicted octanol–water partition coefficient (Wildman–Crippen LogP) is 2.85. The molecule has 1 aromatic heterocycles. The van der Waals surface area contributed by atoms with E-state index in [1.54, 1.807) is 18.3 Å². The van der Waals surface area contributed by atoms with Crippen LogP contribution in [-0.4, -0.2) is 33.3 Å². The number of pyridine rings is 1. The molecule has 1 atom stereocenters. The van der Waals surface area contributed by atoms with E-state index in [0.717, 1.165) is 18.8 Å². The van der Waals surface area contributed by atoms with E-state index >= 15 is 0 Å². The van der Waals surface area contributed by atoms with Crippen LogP contribution >= 0.6 is 0 Å². The number of fused-ring (bicyclic) bond motifs is 1. The number of sulfonamides is 1. The maximum Gasteiger partial charge on any atom is 0.263 e. The minimum atomic E-state index is -3.74. The summed E-state index contributed by atoms with van der Waals surface area (Å²) in [5.41, 5.74) is 1.02. The fourth-order valence-electron chi connectivity index (χ4n) is 3.30. The van der Waals surface area contributed by atoms with Crippen molar-refractivity contribution < 1.29 is 17.9 Å². The third-order valence-electron chi connectivity index (χ3n) is 4.66. The number of nitrogens with one attached hydrogen (secondary N) is 1. The van der Waals surface area contributed by atoms with Gasteiger partial charge in [0.1, 0.15) is 5.82 Å². The highest BCUT2D eigenvalue weighted by Crippen LogP contribution is 2.34. The van der Waals surface area contributed by atoms with E-state index in [1.165, 1.54) is 25.0 Å². The van der Waals surface area contributed by atoms with Gasteiger partial charge in [0.15, 0.2) is 11.5 Å². The summed E-state index contributed by atoms with van der Waals surface area (Å²) in [5.74, 6) is 1.92. The van der Waals surface area contributed by atoms with Gasteiger partial charge in [0.2, 0.25) is 6.79 Å². The van der Waals surface area contributed by atoms with Crippen LogP contribution in [0, 0.1) is 5.92 Å². The molecule has 1 saturated heterocycles. The van der Waals surface area contributed by atoms with Gasteiger partial charge in [0.25, 0.3) is 10.0 Å². The van der Waals surface area contributed by atoms with Crippen LogP contribution in [0.5, 0.6) is 11.5 Å². The van der Waals surface area contributed by atoms with Crippen LogP contribution in [0.2, 0.25) is 0 Å². The van der Waals surface area contributed by atoms with Gasteiger partial charge in [0.05, 0.1) is 16.8 Å². The van der Waals surface area contributed by atoms with Crippen LogP contribution in [0.1, 0.15) is 19.8 Å². The molecule has 1 fully saturated rings. The van der Waals surface area contributed by atoms with Crippen LogP contribution in [-0.2, 0) is 10.0 Å². The highest BCUT2D eigenvalue weighted by molar-refractivity contribution is 7.92. The molecule has 2 aliphatic rings. The van der Waals surface area contributed by atoms with E-state index in [4.69, 9.17) is 9.47 Å². The zero-order valence-corrected chi connectivity index (χ0v) is 15.3. The largest absolute Gasteiger partial charge is 0.454 e. The van der Waals surface area contributed by atoms with Crippen LogP contribution < -0.4 is 19.1 Å². The lowest BCUT2D eigenvalue weighted by Gasteiger charge is -2.32. The van der Waals surface area contributed by atoms with Crippen molar-refractivity contribution in [3.8, 4) is 11.5 Å². The number of benzene rings is 1. The minimum absolute atomic E-state index is 0.102. The number of ether oxygens (including phenoxy) is 2.